The van der Waals surface area contributed by atoms with Gasteiger partial charge in [-0.25, -0.2) is 4.90 Å². The third kappa shape index (κ3) is 3.79. The highest BCUT2D eigenvalue weighted by atomic mass is 35.5. The molecular weight excluding hydrogens is 466 g/mol. The van der Waals surface area contributed by atoms with Crippen LogP contribution in [-0.4, -0.2) is 15.7 Å². The molecule has 2 amide bonds. The van der Waals surface area contributed by atoms with E-state index in [1.807, 2.05) is 55.5 Å². The number of carbonyl (C=O) groups is 2. The number of imide groups is 1. The molecule has 1 saturated heterocycles. The molecule has 166 valence electrons. The van der Waals surface area contributed by atoms with E-state index in [9.17, 15) is 14.9 Å². The molecule has 1 aliphatic heterocycles. The van der Waals surface area contributed by atoms with Crippen LogP contribution in [0, 0.1) is 18.3 Å². The summed E-state index contributed by atoms with van der Waals surface area (Å²) in [6, 6.07) is 24.4. The van der Waals surface area contributed by atoms with Crippen LogP contribution < -0.4 is 4.90 Å². The Kier molecular flexibility index (Phi) is 5.74. The summed E-state index contributed by atoms with van der Waals surface area (Å²) in [5.74, 6) is -0.358. The lowest BCUT2D eigenvalue weighted by molar-refractivity contribution is -0.113. The summed E-state index contributed by atoms with van der Waals surface area (Å²) in [5, 5.41) is 10.7. The van der Waals surface area contributed by atoms with Gasteiger partial charge in [-0.3, -0.25) is 9.59 Å². The highest BCUT2D eigenvalue weighted by Gasteiger charge is 2.36. The van der Waals surface area contributed by atoms with Gasteiger partial charge in [-0.15, -0.1) is 0 Å². The highest BCUT2D eigenvalue weighted by molar-refractivity contribution is 8.19. The van der Waals surface area contributed by atoms with Crippen molar-refractivity contribution in [3.8, 4) is 6.07 Å². The Bertz CT molecular complexity index is 1530. The number of aromatic nitrogens is 1. The number of nitriles is 1. The smallest absolute Gasteiger partial charge is 0.298 e. The van der Waals surface area contributed by atoms with E-state index in [1.165, 1.54) is 4.90 Å². The zero-order chi connectivity index (χ0) is 23.8. The summed E-state index contributed by atoms with van der Waals surface area (Å²) in [7, 11) is 0. The molecule has 2 heterocycles. The van der Waals surface area contributed by atoms with Crippen LogP contribution in [0.4, 0.5) is 10.5 Å². The lowest BCUT2D eigenvalue weighted by Crippen LogP contribution is -2.27. The van der Waals surface area contributed by atoms with Gasteiger partial charge in [0.05, 0.1) is 22.2 Å². The molecule has 34 heavy (non-hydrogen) atoms. The average molecular weight is 484 g/mol. The van der Waals surface area contributed by atoms with Crippen molar-refractivity contribution in [2.45, 2.75) is 13.5 Å². The summed E-state index contributed by atoms with van der Waals surface area (Å²) in [6.07, 6.45) is 1.80. The van der Waals surface area contributed by atoms with Crippen molar-refractivity contribution in [3.05, 3.63) is 105 Å². The fourth-order valence-corrected chi connectivity index (χ4v) is 5.14. The minimum atomic E-state index is -0.358. The average Bonchev–Trinajstić information content (AvgIpc) is 3.28. The first-order valence-corrected chi connectivity index (χ1v) is 11.8. The quantitative estimate of drug-likeness (QED) is 0.300. The van der Waals surface area contributed by atoms with E-state index >= 15 is 0 Å². The summed E-state index contributed by atoms with van der Waals surface area (Å²) < 4.78 is 2.14. The Morgan fingerprint density at radius 2 is 1.71 bits per heavy atom. The van der Waals surface area contributed by atoms with Crippen molar-refractivity contribution in [2.75, 3.05) is 4.90 Å². The molecule has 1 aliphatic rings. The Balaban J connectivity index is 1.58. The molecule has 3 aromatic carbocycles. The van der Waals surface area contributed by atoms with Gasteiger partial charge in [0, 0.05) is 33.7 Å². The molecule has 0 radical (unpaired) electrons. The monoisotopic (exact) mass is 483 g/mol. The number of rotatable bonds is 4. The van der Waals surface area contributed by atoms with Crippen molar-refractivity contribution >= 4 is 57.2 Å². The molecule has 1 aromatic heterocycles. The molecule has 5 nitrogen and oxygen atoms in total. The molecule has 0 atom stereocenters. The molecule has 4 aromatic rings. The fraction of sp³-hybridized carbons (Fsp3) is 0.0741. The number of fused-ring (bicyclic) bond motifs is 1. The molecule has 0 unspecified atom stereocenters. The summed E-state index contributed by atoms with van der Waals surface area (Å²) in [5.41, 5.74) is 4.87. The summed E-state index contributed by atoms with van der Waals surface area (Å²) >= 11 is 6.88. The molecule has 0 spiro atoms. The van der Waals surface area contributed by atoms with E-state index in [2.05, 4.69) is 10.6 Å². The molecule has 0 bridgehead atoms. The van der Waals surface area contributed by atoms with Gasteiger partial charge in [-0.05, 0) is 66.7 Å². The Hall–Kier alpha value is -3.79. The van der Waals surface area contributed by atoms with Crippen LogP contribution in [0.1, 0.15) is 22.4 Å². The Labute approximate surface area is 205 Å². The zero-order valence-corrected chi connectivity index (χ0v) is 19.7. The van der Waals surface area contributed by atoms with Gasteiger partial charge in [-0.1, -0.05) is 48.0 Å². The molecular formula is C27H18ClN3O2S. The van der Waals surface area contributed by atoms with Crippen molar-refractivity contribution in [1.82, 2.24) is 4.57 Å². The number of carbonyl (C=O) groups excluding carboxylic acids is 2. The number of halogens is 1. The molecule has 7 heteroatoms. The van der Waals surface area contributed by atoms with Gasteiger partial charge >= 0.3 is 0 Å². The normalized spacial score (nSPS) is 14.9. The molecule has 0 aliphatic carbocycles. The minimum Gasteiger partial charge on any atom is -0.340 e. The number of amides is 2. The second-order valence-electron chi connectivity index (χ2n) is 7.86. The third-order valence-electron chi connectivity index (χ3n) is 5.90. The predicted molar refractivity (Wildman–Crippen MR) is 137 cm³/mol. The van der Waals surface area contributed by atoms with E-state index in [1.54, 1.807) is 30.3 Å². The van der Waals surface area contributed by atoms with Gasteiger partial charge in [-0.2, -0.15) is 5.26 Å². The highest BCUT2D eigenvalue weighted by Crippen LogP contribution is 2.38. The van der Waals surface area contributed by atoms with Crippen LogP contribution in [0.25, 0.3) is 17.0 Å². The second-order valence-corrected chi connectivity index (χ2v) is 9.29. The first-order chi connectivity index (χ1) is 16.5. The van der Waals surface area contributed by atoms with Crippen LogP contribution in [0.3, 0.4) is 0 Å². The first kappa shape index (κ1) is 22.0. The summed E-state index contributed by atoms with van der Waals surface area (Å²) in [4.78, 5) is 27.4. The van der Waals surface area contributed by atoms with Gasteiger partial charge in [0.25, 0.3) is 11.1 Å². The minimum absolute atomic E-state index is 0.345. The van der Waals surface area contributed by atoms with E-state index in [0.29, 0.717) is 27.7 Å². The lowest BCUT2D eigenvalue weighted by atomic mass is 10.1. The Morgan fingerprint density at radius 1 is 1.00 bits per heavy atom. The van der Waals surface area contributed by atoms with Crippen molar-refractivity contribution in [2.24, 2.45) is 0 Å². The lowest BCUT2D eigenvalue weighted by Gasteiger charge is -2.12. The van der Waals surface area contributed by atoms with Crippen LogP contribution >= 0.6 is 23.4 Å². The molecule has 1 fully saturated rings. The second kappa shape index (κ2) is 8.86. The number of thioether (sulfide) groups is 1. The summed E-state index contributed by atoms with van der Waals surface area (Å²) in [6.45, 7) is 2.51. The van der Waals surface area contributed by atoms with Gasteiger partial charge in [0.15, 0.2) is 0 Å². The fourth-order valence-electron chi connectivity index (χ4n) is 4.19. The largest absolute Gasteiger partial charge is 0.340 e. The predicted octanol–water partition coefficient (Wildman–Crippen LogP) is 6.76. The SMILES string of the molecule is Cc1c(/C=C2/SC(=O)N(c3ccc(Cl)cc3)C2=O)c2ccccc2n1Cc1ccccc1C#N. The standard InChI is InChI=1S/C27H18ClN3O2S/c1-17-23(14-25-26(32)31(27(33)34-25)21-12-10-20(28)11-13-21)22-8-4-5-9-24(22)30(17)16-19-7-3-2-6-18(19)15-29/h2-14H,16H2,1H3/b25-14+. The maximum Gasteiger partial charge on any atom is 0.298 e. The first-order valence-electron chi connectivity index (χ1n) is 10.6. The zero-order valence-electron chi connectivity index (χ0n) is 18.2. The topological polar surface area (TPSA) is 66.1 Å². The molecule has 0 N–H and O–H groups in total. The Morgan fingerprint density at radius 3 is 2.47 bits per heavy atom. The maximum atomic E-state index is 13.2. The van der Waals surface area contributed by atoms with Gasteiger partial charge < -0.3 is 4.57 Å². The van der Waals surface area contributed by atoms with Crippen molar-refractivity contribution in [1.29, 1.82) is 5.26 Å². The van der Waals surface area contributed by atoms with E-state index in [-0.39, 0.29) is 11.1 Å². The number of nitrogens with zero attached hydrogens (tertiary/aromatic N) is 3. The maximum absolute atomic E-state index is 13.2. The number of hydrogen-bond donors (Lipinski definition) is 0. The van der Waals surface area contributed by atoms with Crippen molar-refractivity contribution < 1.29 is 9.59 Å². The molecule has 5 rings (SSSR count). The van der Waals surface area contributed by atoms with Gasteiger partial charge in [0.1, 0.15) is 0 Å². The van der Waals surface area contributed by atoms with Gasteiger partial charge in [0.2, 0.25) is 0 Å². The van der Waals surface area contributed by atoms with Crippen LogP contribution in [0.15, 0.2) is 77.7 Å². The van der Waals surface area contributed by atoms with E-state index < -0.39 is 0 Å². The number of benzene rings is 3. The van der Waals surface area contributed by atoms with Crippen LogP contribution in [0.2, 0.25) is 5.02 Å². The number of anilines is 1. The van der Waals surface area contributed by atoms with Crippen molar-refractivity contribution in [3.63, 3.8) is 0 Å². The van der Waals surface area contributed by atoms with E-state index in [4.69, 9.17) is 11.6 Å². The number of hydrogen-bond acceptors (Lipinski definition) is 4. The van der Waals surface area contributed by atoms with Crippen LogP contribution in [0.5, 0.6) is 0 Å². The van der Waals surface area contributed by atoms with E-state index in [0.717, 1.165) is 39.5 Å². The molecule has 0 saturated carbocycles. The number of para-hydroxylation sites is 1. The van der Waals surface area contributed by atoms with Crippen LogP contribution in [-0.2, 0) is 11.3 Å². The third-order valence-corrected chi connectivity index (χ3v) is 7.02.